The van der Waals surface area contributed by atoms with E-state index in [1.54, 1.807) is 0 Å². The van der Waals surface area contributed by atoms with Crippen LogP contribution in [0.1, 0.15) is 32.3 Å². The molecule has 0 spiro atoms. The number of hydrogen-bond acceptors (Lipinski definition) is 4. The molecule has 4 nitrogen and oxygen atoms in total. The first kappa shape index (κ1) is 15.3. The molecule has 1 saturated heterocycles. The van der Waals surface area contributed by atoms with Crippen LogP contribution < -0.4 is 10.2 Å². The molecule has 1 aromatic rings. The highest BCUT2D eigenvalue weighted by Gasteiger charge is 2.21. The number of aromatic nitrogens is 1. The zero-order valence-corrected chi connectivity index (χ0v) is 12.7. The van der Waals surface area contributed by atoms with Crippen LogP contribution in [0, 0.1) is 11.8 Å². The molecule has 4 heteroatoms. The topological polar surface area (TPSA) is 48.4 Å². The maximum absolute atomic E-state index is 9.37. The molecule has 1 aliphatic heterocycles. The second-order valence-corrected chi connectivity index (χ2v) is 6.15. The number of nitrogens with zero attached hydrogens (tertiary/aromatic N) is 2. The van der Waals surface area contributed by atoms with E-state index in [4.69, 9.17) is 0 Å². The van der Waals surface area contributed by atoms with Crippen molar-refractivity contribution in [3.63, 3.8) is 0 Å². The molecule has 2 heterocycles. The van der Waals surface area contributed by atoms with E-state index >= 15 is 0 Å². The van der Waals surface area contributed by atoms with Crippen molar-refractivity contribution >= 4 is 5.82 Å². The van der Waals surface area contributed by atoms with Crippen molar-refractivity contribution in [2.75, 3.05) is 31.1 Å². The third kappa shape index (κ3) is 4.18. The number of pyridine rings is 1. The Hall–Kier alpha value is -1.13. The van der Waals surface area contributed by atoms with E-state index in [0.717, 1.165) is 44.8 Å². The van der Waals surface area contributed by atoms with E-state index < -0.39 is 0 Å². The third-order valence-electron chi connectivity index (χ3n) is 3.81. The Labute approximate surface area is 122 Å². The van der Waals surface area contributed by atoms with Gasteiger partial charge in [0.1, 0.15) is 5.82 Å². The molecule has 0 aromatic carbocycles. The van der Waals surface area contributed by atoms with E-state index in [1.807, 2.05) is 12.3 Å². The van der Waals surface area contributed by atoms with Gasteiger partial charge in [0.25, 0.3) is 0 Å². The van der Waals surface area contributed by atoms with Crippen molar-refractivity contribution < 1.29 is 5.11 Å². The van der Waals surface area contributed by atoms with Crippen molar-refractivity contribution in [2.24, 2.45) is 11.8 Å². The Bertz CT molecular complexity index is 408. The molecule has 1 aromatic heterocycles. The monoisotopic (exact) mass is 277 g/mol. The molecular formula is C16H27N3O. The Morgan fingerprint density at radius 2 is 2.35 bits per heavy atom. The van der Waals surface area contributed by atoms with Gasteiger partial charge in [-0.05, 0) is 37.3 Å². The highest BCUT2D eigenvalue weighted by atomic mass is 16.3. The van der Waals surface area contributed by atoms with Crippen LogP contribution >= 0.6 is 0 Å². The van der Waals surface area contributed by atoms with Gasteiger partial charge in [-0.3, -0.25) is 0 Å². The normalized spacial score (nSPS) is 19.6. The average Bonchev–Trinajstić information content (AvgIpc) is 2.47. The van der Waals surface area contributed by atoms with Crippen LogP contribution in [0.4, 0.5) is 5.82 Å². The van der Waals surface area contributed by atoms with Crippen molar-refractivity contribution in [2.45, 2.75) is 33.2 Å². The molecule has 2 rings (SSSR count). The van der Waals surface area contributed by atoms with Gasteiger partial charge in [-0.1, -0.05) is 19.9 Å². The molecule has 0 saturated carbocycles. The summed E-state index contributed by atoms with van der Waals surface area (Å²) >= 11 is 0. The standard InChI is InChI=1S/C16H27N3O/c1-13(2)9-17-10-15-6-3-7-18-16(15)19-8-4-5-14(11-19)12-20/h3,6-7,13-14,17,20H,4-5,8-12H2,1-2H3. The molecule has 0 radical (unpaired) electrons. The number of piperidine rings is 1. The van der Waals surface area contributed by atoms with Crippen molar-refractivity contribution in [1.29, 1.82) is 0 Å². The summed E-state index contributed by atoms with van der Waals surface area (Å²) in [6.45, 7) is 8.57. The Balaban J connectivity index is 2.03. The molecule has 0 aliphatic carbocycles. The predicted molar refractivity (Wildman–Crippen MR) is 82.8 cm³/mol. The number of rotatable bonds is 6. The van der Waals surface area contributed by atoms with E-state index in [1.165, 1.54) is 5.56 Å². The smallest absolute Gasteiger partial charge is 0.133 e. The van der Waals surface area contributed by atoms with Gasteiger partial charge in [0.15, 0.2) is 0 Å². The summed E-state index contributed by atoms with van der Waals surface area (Å²) in [5, 5.41) is 12.9. The third-order valence-corrected chi connectivity index (χ3v) is 3.81. The molecule has 1 atom stereocenters. The molecule has 1 aliphatic rings. The van der Waals surface area contributed by atoms with Crippen LogP contribution in [0.25, 0.3) is 0 Å². The summed E-state index contributed by atoms with van der Waals surface area (Å²) in [5.41, 5.74) is 1.26. The van der Waals surface area contributed by atoms with Crippen molar-refractivity contribution in [3.05, 3.63) is 23.9 Å². The molecule has 0 amide bonds. The zero-order chi connectivity index (χ0) is 14.4. The van der Waals surface area contributed by atoms with E-state index in [9.17, 15) is 5.11 Å². The number of anilines is 1. The molecular weight excluding hydrogens is 250 g/mol. The lowest BCUT2D eigenvalue weighted by Crippen LogP contribution is -2.38. The first-order valence-corrected chi connectivity index (χ1v) is 7.71. The molecule has 20 heavy (non-hydrogen) atoms. The minimum atomic E-state index is 0.282. The Kier molecular flexibility index (Phi) is 5.80. The second kappa shape index (κ2) is 7.60. The van der Waals surface area contributed by atoms with Crippen LogP contribution in [-0.4, -0.2) is 36.3 Å². The fraction of sp³-hybridized carbons (Fsp3) is 0.688. The summed E-state index contributed by atoms with van der Waals surface area (Å²) < 4.78 is 0. The SMILES string of the molecule is CC(C)CNCc1cccnc1N1CCCC(CO)C1. The fourth-order valence-electron chi connectivity index (χ4n) is 2.75. The quantitative estimate of drug-likeness (QED) is 0.835. The molecule has 0 bridgehead atoms. The lowest BCUT2D eigenvalue weighted by Gasteiger charge is -2.33. The summed E-state index contributed by atoms with van der Waals surface area (Å²) in [7, 11) is 0. The van der Waals surface area contributed by atoms with Gasteiger partial charge in [-0.15, -0.1) is 0 Å². The van der Waals surface area contributed by atoms with E-state index in [0.29, 0.717) is 11.8 Å². The average molecular weight is 277 g/mol. The maximum atomic E-state index is 9.37. The van der Waals surface area contributed by atoms with Gasteiger partial charge in [0, 0.05) is 38.0 Å². The van der Waals surface area contributed by atoms with Crippen molar-refractivity contribution in [3.8, 4) is 0 Å². The summed E-state index contributed by atoms with van der Waals surface area (Å²) in [4.78, 5) is 6.90. The predicted octanol–water partition coefficient (Wildman–Crippen LogP) is 2.04. The number of nitrogens with one attached hydrogen (secondary N) is 1. The molecule has 112 valence electrons. The minimum absolute atomic E-state index is 0.282. The van der Waals surface area contributed by atoms with Gasteiger partial charge in [0.2, 0.25) is 0 Å². The lowest BCUT2D eigenvalue weighted by atomic mass is 9.98. The number of hydrogen-bond donors (Lipinski definition) is 2. The largest absolute Gasteiger partial charge is 0.396 e. The molecule has 2 N–H and O–H groups in total. The highest BCUT2D eigenvalue weighted by molar-refractivity contribution is 5.47. The number of aliphatic hydroxyl groups excluding tert-OH is 1. The van der Waals surface area contributed by atoms with Gasteiger partial charge >= 0.3 is 0 Å². The van der Waals surface area contributed by atoms with Crippen molar-refractivity contribution in [1.82, 2.24) is 10.3 Å². The summed E-state index contributed by atoms with van der Waals surface area (Å²) in [6.07, 6.45) is 4.13. The van der Waals surface area contributed by atoms with Crippen LogP contribution in [0.2, 0.25) is 0 Å². The van der Waals surface area contributed by atoms with Gasteiger partial charge in [-0.2, -0.15) is 0 Å². The molecule has 1 fully saturated rings. The van der Waals surface area contributed by atoms with E-state index in [-0.39, 0.29) is 6.61 Å². The second-order valence-electron chi connectivity index (χ2n) is 6.15. The van der Waals surface area contributed by atoms with Crippen LogP contribution in [0.5, 0.6) is 0 Å². The Morgan fingerprint density at radius 1 is 1.50 bits per heavy atom. The summed E-state index contributed by atoms with van der Waals surface area (Å²) in [5.74, 6) is 2.13. The first-order chi connectivity index (χ1) is 9.70. The molecule has 1 unspecified atom stereocenters. The van der Waals surface area contributed by atoms with Crippen LogP contribution in [0.15, 0.2) is 18.3 Å². The van der Waals surface area contributed by atoms with Gasteiger partial charge < -0.3 is 15.3 Å². The van der Waals surface area contributed by atoms with Crippen LogP contribution in [-0.2, 0) is 6.54 Å². The maximum Gasteiger partial charge on any atom is 0.133 e. The van der Waals surface area contributed by atoms with Crippen LogP contribution in [0.3, 0.4) is 0 Å². The van der Waals surface area contributed by atoms with Gasteiger partial charge in [0.05, 0.1) is 0 Å². The Morgan fingerprint density at radius 3 is 3.10 bits per heavy atom. The first-order valence-electron chi connectivity index (χ1n) is 7.71. The lowest BCUT2D eigenvalue weighted by molar-refractivity contribution is 0.208. The highest BCUT2D eigenvalue weighted by Crippen LogP contribution is 2.24. The fourth-order valence-corrected chi connectivity index (χ4v) is 2.75. The number of aliphatic hydroxyl groups is 1. The van der Waals surface area contributed by atoms with Gasteiger partial charge in [-0.25, -0.2) is 4.98 Å². The van der Waals surface area contributed by atoms with E-state index in [2.05, 4.69) is 35.1 Å². The minimum Gasteiger partial charge on any atom is -0.396 e. The zero-order valence-electron chi connectivity index (χ0n) is 12.7. The summed E-state index contributed by atoms with van der Waals surface area (Å²) in [6, 6.07) is 4.15.